The zero-order valence-electron chi connectivity index (χ0n) is 16.2. The second-order valence-corrected chi connectivity index (χ2v) is 8.24. The molecule has 0 bridgehead atoms. The largest absolute Gasteiger partial charge is 0.760 e. The highest BCUT2D eigenvalue weighted by molar-refractivity contribution is 7.77. The van der Waals surface area contributed by atoms with Gasteiger partial charge in [-0.15, -0.1) is 0 Å². The van der Waals surface area contributed by atoms with Gasteiger partial charge in [-0.2, -0.15) is 5.10 Å². The molecule has 152 valence electrons. The molecule has 0 spiro atoms. The van der Waals surface area contributed by atoms with Crippen LogP contribution in [-0.4, -0.2) is 36.5 Å². The molecule has 1 N–H and O–H groups in total. The molecule has 2 aromatic carbocycles. The average molecular weight is 410 g/mol. The van der Waals surface area contributed by atoms with Crippen LogP contribution in [-0.2, 0) is 24.4 Å². The van der Waals surface area contributed by atoms with Crippen LogP contribution in [0.4, 0.5) is 0 Å². The fraction of sp³-hybridized carbons (Fsp3) is 0.318. The Kier molecular flexibility index (Phi) is 6.51. The van der Waals surface area contributed by atoms with Gasteiger partial charge >= 0.3 is 0 Å². The summed E-state index contributed by atoms with van der Waals surface area (Å²) in [5.41, 5.74) is 4.61. The van der Waals surface area contributed by atoms with Crippen LogP contribution in [0.2, 0.25) is 0 Å². The maximum Gasteiger partial charge on any atom is 0.0645 e. The van der Waals surface area contributed by atoms with Crippen molar-refractivity contribution in [1.29, 1.82) is 0 Å². The lowest BCUT2D eigenvalue weighted by atomic mass is 9.88. The number of hydrogen-bond donors (Lipinski definition) is 1. The number of hydrogen-bond acceptors (Lipinski definition) is 4. The maximum atomic E-state index is 10.7. The molecule has 4 rings (SSSR count). The maximum absolute atomic E-state index is 10.7. The number of benzene rings is 2. The SMILES string of the molecule is O=S([O-])NCc1cccc(C2CCN(Cc3cnn(-c4ccccc4)c3)CC2)c1. The van der Waals surface area contributed by atoms with Crippen molar-refractivity contribution in [1.82, 2.24) is 19.4 Å². The van der Waals surface area contributed by atoms with Crippen molar-refractivity contribution in [3.05, 3.63) is 83.7 Å². The first-order valence-electron chi connectivity index (χ1n) is 9.90. The van der Waals surface area contributed by atoms with Gasteiger partial charge in [-0.05, 0) is 55.1 Å². The average Bonchev–Trinajstić information content (AvgIpc) is 3.22. The third-order valence-electron chi connectivity index (χ3n) is 5.47. The summed E-state index contributed by atoms with van der Waals surface area (Å²) in [6, 6.07) is 18.4. The molecule has 1 aliphatic rings. The van der Waals surface area contributed by atoms with E-state index < -0.39 is 11.3 Å². The van der Waals surface area contributed by atoms with Crippen LogP contribution in [0.15, 0.2) is 67.0 Å². The van der Waals surface area contributed by atoms with Gasteiger partial charge in [0.25, 0.3) is 0 Å². The normalized spacial score (nSPS) is 16.7. The summed E-state index contributed by atoms with van der Waals surface area (Å²) in [7, 11) is 0. The lowest BCUT2D eigenvalue weighted by Gasteiger charge is -2.32. The third kappa shape index (κ3) is 5.39. The number of likely N-dealkylation sites (tertiary alicyclic amines) is 1. The van der Waals surface area contributed by atoms with Crippen LogP contribution >= 0.6 is 0 Å². The van der Waals surface area contributed by atoms with Crippen LogP contribution in [0.25, 0.3) is 5.69 Å². The molecule has 1 unspecified atom stereocenters. The Morgan fingerprint density at radius 1 is 1.07 bits per heavy atom. The van der Waals surface area contributed by atoms with Gasteiger partial charge in [-0.1, -0.05) is 42.5 Å². The highest BCUT2D eigenvalue weighted by Crippen LogP contribution is 2.29. The first kappa shape index (κ1) is 20.0. The zero-order valence-corrected chi connectivity index (χ0v) is 17.1. The summed E-state index contributed by atoms with van der Waals surface area (Å²) in [4.78, 5) is 2.48. The van der Waals surface area contributed by atoms with E-state index in [0.717, 1.165) is 43.7 Å². The van der Waals surface area contributed by atoms with Crippen LogP contribution in [0.1, 0.15) is 35.4 Å². The minimum atomic E-state index is -2.23. The second-order valence-electron chi connectivity index (χ2n) is 7.48. The predicted molar refractivity (Wildman–Crippen MR) is 113 cm³/mol. The molecule has 1 atom stereocenters. The Labute approximate surface area is 174 Å². The quantitative estimate of drug-likeness (QED) is 0.609. The Balaban J connectivity index is 1.31. The van der Waals surface area contributed by atoms with Crippen molar-refractivity contribution in [2.24, 2.45) is 0 Å². The molecule has 1 aliphatic heterocycles. The van der Waals surface area contributed by atoms with E-state index in [1.54, 1.807) is 0 Å². The van der Waals surface area contributed by atoms with Crippen molar-refractivity contribution in [3.63, 3.8) is 0 Å². The van der Waals surface area contributed by atoms with Gasteiger partial charge in [0.05, 0.1) is 11.9 Å². The summed E-state index contributed by atoms with van der Waals surface area (Å²) in [5.74, 6) is 0.524. The van der Waals surface area contributed by atoms with Crippen LogP contribution in [0.5, 0.6) is 0 Å². The molecule has 2 heterocycles. The molecule has 0 amide bonds. The number of piperidine rings is 1. The van der Waals surface area contributed by atoms with E-state index in [2.05, 4.69) is 45.2 Å². The molecular formula is C22H25N4O2S-. The van der Waals surface area contributed by atoms with Crippen molar-refractivity contribution < 1.29 is 8.76 Å². The van der Waals surface area contributed by atoms with E-state index in [-0.39, 0.29) is 0 Å². The number of nitrogens with zero attached hydrogens (tertiary/aromatic N) is 3. The van der Waals surface area contributed by atoms with E-state index in [1.807, 2.05) is 41.2 Å². The van der Waals surface area contributed by atoms with Crippen molar-refractivity contribution in [2.45, 2.75) is 31.8 Å². The molecule has 1 saturated heterocycles. The van der Waals surface area contributed by atoms with Crippen LogP contribution < -0.4 is 4.72 Å². The van der Waals surface area contributed by atoms with Gasteiger partial charge in [0.15, 0.2) is 0 Å². The van der Waals surface area contributed by atoms with Crippen molar-refractivity contribution >= 4 is 11.3 Å². The lowest BCUT2D eigenvalue weighted by molar-refractivity contribution is 0.204. The minimum absolute atomic E-state index is 0.341. The van der Waals surface area contributed by atoms with Crippen LogP contribution in [0.3, 0.4) is 0 Å². The molecule has 0 aliphatic carbocycles. The summed E-state index contributed by atoms with van der Waals surface area (Å²) >= 11 is -2.23. The van der Waals surface area contributed by atoms with Gasteiger partial charge in [-0.3, -0.25) is 9.11 Å². The molecule has 29 heavy (non-hydrogen) atoms. The molecule has 0 saturated carbocycles. The van der Waals surface area contributed by atoms with Gasteiger partial charge in [0.1, 0.15) is 0 Å². The van der Waals surface area contributed by atoms with E-state index in [4.69, 9.17) is 0 Å². The van der Waals surface area contributed by atoms with E-state index in [1.165, 1.54) is 11.1 Å². The third-order valence-corrected chi connectivity index (χ3v) is 5.85. The van der Waals surface area contributed by atoms with Crippen molar-refractivity contribution in [2.75, 3.05) is 13.1 Å². The zero-order chi connectivity index (χ0) is 20.1. The first-order chi connectivity index (χ1) is 14.2. The smallest absolute Gasteiger partial charge is 0.0645 e. The molecule has 3 aromatic rings. The van der Waals surface area contributed by atoms with Crippen LogP contribution in [0, 0.1) is 0 Å². The number of para-hydroxylation sites is 1. The molecular weight excluding hydrogens is 384 g/mol. The Morgan fingerprint density at radius 2 is 1.86 bits per heavy atom. The fourth-order valence-electron chi connectivity index (χ4n) is 3.95. The summed E-state index contributed by atoms with van der Waals surface area (Å²) in [6.07, 6.45) is 6.28. The van der Waals surface area contributed by atoms with E-state index in [0.29, 0.717) is 12.5 Å². The highest BCUT2D eigenvalue weighted by Gasteiger charge is 2.21. The Morgan fingerprint density at radius 3 is 2.62 bits per heavy atom. The highest BCUT2D eigenvalue weighted by atomic mass is 32.2. The number of rotatable bonds is 7. The standard InChI is InChI=1S/C22H26N4O2S/c27-29(28)24-15-18-5-4-6-21(13-18)20-9-11-25(12-10-20)16-19-14-23-26(17-19)22-7-2-1-3-8-22/h1-8,13-14,17,20,24H,9-12,15-16H2,(H,27,28)/p-1. The summed E-state index contributed by atoms with van der Waals surface area (Å²) in [6.45, 7) is 3.36. The minimum Gasteiger partial charge on any atom is -0.760 e. The molecule has 1 aromatic heterocycles. The summed E-state index contributed by atoms with van der Waals surface area (Å²) in [5, 5.41) is 4.49. The fourth-order valence-corrected chi connectivity index (χ4v) is 4.23. The predicted octanol–water partition coefficient (Wildman–Crippen LogP) is 3.14. The number of aromatic nitrogens is 2. The lowest BCUT2D eigenvalue weighted by Crippen LogP contribution is -2.32. The number of nitrogens with one attached hydrogen (secondary N) is 1. The first-order valence-corrected chi connectivity index (χ1v) is 11.0. The van der Waals surface area contributed by atoms with E-state index >= 15 is 0 Å². The van der Waals surface area contributed by atoms with Gasteiger partial charge < -0.3 is 4.55 Å². The molecule has 6 nitrogen and oxygen atoms in total. The van der Waals surface area contributed by atoms with Gasteiger partial charge in [0, 0.05) is 36.1 Å². The summed E-state index contributed by atoms with van der Waals surface area (Å²) < 4.78 is 25.8. The van der Waals surface area contributed by atoms with Gasteiger partial charge in [-0.25, -0.2) is 9.40 Å². The molecule has 7 heteroatoms. The monoisotopic (exact) mass is 409 g/mol. The Hall–Kier alpha value is -2.32. The second kappa shape index (κ2) is 9.45. The Bertz CT molecular complexity index is 952. The van der Waals surface area contributed by atoms with Crippen molar-refractivity contribution in [3.8, 4) is 5.69 Å². The molecule has 0 radical (unpaired) electrons. The van der Waals surface area contributed by atoms with E-state index in [9.17, 15) is 8.76 Å². The molecule has 1 fully saturated rings. The topological polar surface area (TPSA) is 73.2 Å². The van der Waals surface area contributed by atoms with Gasteiger partial charge in [0.2, 0.25) is 0 Å².